The second kappa shape index (κ2) is 5.09. The Bertz CT molecular complexity index is 161. The number of nitrogens with one attached hydrogen (secondary N) is 1. The average molecular weight is 167 g/mol. The van der Waals surface area contributed by atoms with Crippen LogP contribution in [-0.2, 0) is 4.79 Å². The maximum Gasteiger partial charge on any atom is 0.133 e. The number of hydrogen-bond acceptors (Lipinski definition) is 2. The number of carbonyl (C=O) groups excluding carboxylic acids is 1. The van der Waals surface area contributed by atoms with Gasteiger partial charge in [0.05, 0.1) is 0 Å². The molecule has 1 saturated heterocycles. The Morgan fingerprint density at radius 1 is 1.58 bits per heavy atom. The Hall–Kier alpha value is -0.630. The Kier molecular flexibility index (Phi) is 4.01. The molecule has 2 nitrogen and oxygen atoms in total. The summed E-state index contributed by atoms with van der Waals surface area (Å²) >= 11 is 0. The van der Waals surface area contributed by atoms with E-state index in [9.17, 15) is 4.79 Å². The van der Waals surface area contributed by atoms with E-state index in [0.29, 0.717) is 11.7 Å². The molecule has 0 aromatic heterocycles. The maximum atomic E-state index is 11.3. The molecule has 1 aliphatic rings. The summed E-state index contributed by atoms with van der Waals surface area (Å²) in [6.07, 6.45) is 5.34. The second-order valence-electron chi connectivity index (χ2n) is 3.45. The van der Waals surface area contributed by atoms with Gasteiger partial charge in [-0.25, -0.2) is 0 Å². The highest BCUT2D eigenvalue weighted by atomic mass is 16.1. The van der Waals surface area contributed by atoms with Crippen molar-refractivity contribution in [3.8, 4) is 0 Å². The summed E-state index contributed by atoms with van der Waals surface area (Å²) in [5.41, 5.74) is 0. The van der Waals surface area contributed by atoms with Crippen LogP contribution in [0.3, 0.4) is 0 Å². The molecule has 68 valence electrons. The highest BCUT2D eigenvalue weighted by Crippen LogP contribution is 2.11. The lowest BCUT2D eigenvalue weighted by Crippen LogP contribution is -2.42. The van der Waals surface area contributed by atoms with Gasteiger partial charge in [0, 0.05) is 12.8 Å². The molecule has 0 saturated carbocycles. The number of rotatable bonds is 6. The van der Waals surface area contributed by atoms with Crippen molar-refractivity contribution in [1.29, 1.82) is 0 Å². The molecule has 0 aliphatic carbocycles. The summed E-state index contributed by atoms with van der Waals surface area (Å²) in [6, 6.07) is 0. The number of hydrogen-bond donors (Lipinski definition) is 1. The van der Waals surface area contributed by atoms with Gasteiger partial charge in [0.2, 0.25) is 0 Å². The van der Waals surface area contributed by atoms with Crippen molar-refractivity contribution in [2.45, 2.75) is 25.7 Å². The average Bonchev–Trinajstić information content (AvgIpc) is 1.98. The largest absolute Gasteiger partial charge is 0.316 e. The lowest BCUT2D eigenvalue weighted by atomic mass is 9.95. The van der Waals surface area contributed by atoms with Gasteiger partial charge >= 0.3 is 0 Å². The zero-order valence-electron chi connectivity index (χ0n) is 7.51. The summed E-state index contributed by atoms with van der Waals surface area (Å²) < 4.78 is 0. The molecule has 1 rings (SSSR count). The minimum absolute atomic E-state index is 0.420. The fraction of sp³-hybridized carbons (Fsp3) is 0.700. The first-order valence-corrected chi connectivity index (χ1v) is 4.66. The van der Waals surface area contributed by atoms with E-state index in [4.69, 9.17) is 0 Å². The lowest BCUT2D eigenvalue weighted by molar-refractivity contribution is -0.120. The van der Waals surface area contributed by atoms with E-state index in [-0.39, 0.29) is 0 Å². The van der Waals surface area contributed by atoms with Gasteiger partial charge in [-0.15, -0.1) is 6.58 Å². The summed E-state index contributed by atoms with van der Waals surface area (Å²) in [6.45, 7) is 5.69. The van der Waals surface area contributed by atoms with Gasteiger partial charge in [-0.1, -0.05) is 6.08 Å². The highest BCUT2D eigenvalue weighted by Gasteiger charge is 2.19. The van der Waals surface area contributed by atoms with Crippen molar-refractivity contribution >= 4 is 5.78 Å². The lowest BCUT2D eigenvalue weighted by Gasteiger charge is -2.26. The Morgan fingerprint density at radius 2 is 2.33 bits per heavy atom. The van der Waals surface area contributed by atoms with E-state index >= 15 is 0 Å². The minimum Gasteiger partial charge on any atom is -0.316 e. The SMILES string of the molecule is C=CCCCC(=O)CC1CNC1. The third kappa shape index (κ3) is 3.18. The molecule has 0 aromatic carbocycles. The molecule has 0 unspecified atom stereocenters. The normalized spacial score (nSPS) is 17.0. The van der Waals surface area contributed by atoms with E-state index in [0.717, 1.165) is 38.8 Å². The van der Waals surface area contributed by atoms with Gasteiger partial charge in [0.1, 0.15) is 5.78 Å². The van der Waals surface area contributed by atoms with Gasteiger partial charge in [-0.3, -0.25) is 4.79 Å². The first kappa shape index (κ1) is 9.46. The Labute approximate surface area is 74.0 Å². The molecule has 1 aliphatic heterocycles. The summed E-state index contributed by atoms with van der Waals surface area (Å²) in [5.74, 6) is 1.05. The topological polar surface area (TPSA) is 29.1 Å². The minimum atomic E-state index is 0.420. The van der Waals surface area contributed by atoms with Crippen LogP contribution >= 0.6 is 0 Å². The number of unbranched alkanes of at least 4 members (excludes halogenated alkanes) is 1. The predicted molar refractivity (Wildman–Crippen MR) is 50.0 cm³/mol. The molecule has 1 heterocycles. The first-order valence-electron chi connectivity index (χ1n) is 4.66. The molecular formula is C10H17NO. The van der Waals surface area contributed by atoms with Crippen molar-refractivity contribution in [3.05, 3.63) is 12.7 Å². The molecule has 0 spiro atoms. The van der Waals surface area contributed by atoms with Crippen LogP contribution in [0.15, 0.2) is 12.7 Å². The fourth-order valence-electron chi connectivity index (χ4n) is 1.36. The van der Waals surface area contributed by atoms with Crippen molar-refractivity contribution in [3.63, 3.8) is 0 Å². The molecule has 0 atom stereocenters. The Balaban J connectivity index is 1.99. The van der Waals surface area contributed by atoms with Gasteiger partial charge in [-0.05, 0) is 31.8 Å². The van der Waals surface area contributed by atoms with Crippen LogP contribution < -0.4 is 5.32 Å². The standard InChI is InChI=1S/C10H17NO/c1-2-3-4-5-10(12)6-9-7-11-8-9/h2,9,11H,1,3-8H2. The molecule has 12 heavy (non-hydrogen) atoms. The van der Waals surface area contributed by atoms with Crippen LogP contribution in [0.25, 0.3) is 0 Å². The fourth-order valence-corrected chi connectivity index (χ4v) is 1.36. The van der Waals surface area contributed by atoms with Crippen LogP contribution in [-0.4, -0.2) is 18.9 Å². The zero-order valence-corrected chi connectivity index (χ0v) is 7.51. The highest BCUT2D eigenvalue weighted by molar-refractivity contribution is 5.78. The van der Waals surface area contributed by atoms with E-state index in [1.165, 1.54) is 0 Å². The molecular weight excluding hydrogens is 150 g/mol. The third-order valence-corrected chi connectivity index (χ3v) is 2.25. The van der Waals surface area contributed by atoms with Crippen LogP contribution in [0.1, 0.15) is 25.7 Å². The number of carbonyl (C=O) groups is 1. The van der Waals surface area contributed by atoms with Crippen LogP contribution in [0, 0.1) is 5.92 Å². The monoisotopic (exact) mass is 167 g/mol. The number of ketones is 1. The summed E-state index contributed by atoms with van der Waals surface area (Å²) in [5, 5.41) is 3.17. The predicted octanol–water partition coefficient (Wildman–Crippen LogP) is 1.52. The van der Waals surface area contributed by atoms with Crippen molar-refractivity contribution in [2.24, 2.45) is 5.92 Å². The quantitative estimate of drug-likeness (QED) is 0.480. The number of Topliss-reactive ketones (excluding diaryl/α,β-unsaturated/α-hetero) is 1. The van der Waals surface area contributed by atoms with E-state index in [2.05, 4.69) is 11.9 Å². The molecule has 0 bridgehead atoms. The summed E-state index contributed by atoms with van der Waals surface area (Å²) in [4.78, 5) is 11.3. The smallest absolute Gasteiger partial charge is 0.133 e. The molecule has 0 radical (unpaired) electrons. The van der Waals surface area contributed by atoms with Crippen LogP contribution in [0.2, 0.25) is 0 Å². The second-order valence-corrected chi connectivity index (χ2v) is 3.45. The van der Waals surface area contributed by atoms with E-state index < -0.39 is 0 Å². The summed E-state index contributed by atoms with van der Waals surface area (Å²) in [7, 11) is 0. The van der Waals surface area contributed by atoms with Gasteiger partial charge in [0.25, 0.3) is 0 Å². The van der Waals surface area contributed by atoms with Gasteiger partial charge < -0.3 is 5.32 Å². The third-order valence-electron chi connectivity index (χ3n) is 2.25. The number of allylic oxidation sites excluding steroid dienone is 1. The van der Waals surface area contributed by atoms with Crippen LogP contribution in [0.5, 0.6) is 0 Å². The van der Waals surface area contributed by atoms with Crippen LogP contribution in [0.4, 0.5) is 0 Å². The maximum absolute atomic E-state index is 11.3. The van der Waals surface area contributed by atoms with Crippen molar-refractivity contribution < 1.29 is 4.79 Å². The molecule has 2 heteroatoms. The van der Waals surface area contributed by atoms with Gasteiger partial charge in [0.15, 0.2) is 0 Å². The van der Waals surface area contributed by atoms with E-state index in [1.807, 2.05) is 6.08 Å². The Morgan fingerprint density at radius 3 is 2.83 bits per heavy atom. The zero-order chi connectivity index (χ0) is 8.81. The molecule has 1 fully saturated rings. The van der Waals surface area contributed by atoms with Gasteiger partial charge in [-0.2, -0.15) is 0 Å². The molecule has 0 aromatic rings. The van der Waals surface area contributed by atoms with E-state index in [1.54, 1.807) is 0 Å². The molecule has 0 amide bonds. The van der Waals surface area contributed by atoms with Crippen molar-refractivity contribution in [1.82, 2.24) is 5.32 Å². The first-order chi connectivity index (χ1) is 5.83. The van der Waals surface area contributed by atoms with Crippen molar-refractivity contribution in [2.75, 3.05) is 13.1 Å². The molecule has 1 N–H and O–H groups in total.